The van der Waals surface area contributed by atoms with Crippen molar-refractivity contribution < 1.29 is 14.3 Å². The van der Waals surface area contributed by atoms with Gasteiger partial charge >= 0.3 is 5.97 Å². The zero-order chi connectivity index (χ0) is 15.9. The molecular weight excluding hydrogens is 300 g/mol. The smallest absolute Gasteiger partial charge is 0.338 e. The number of hydrogen-bond donors (Lipinski definition) is 0. The SMILES string of the molecule is CC(C)COC(=O)c1ccc(OCc2ccc(Cl)cc2)cc1. The van der Waals surface area contributed by atoms with Gasteiger partial charge in [0.05, 0.1) is 12.2 Å². The van der Waals surface area contributed by atoms with Gasteiger partial charge in [0.2, 0.25) is 0 Å². The van der Waals surface area contributed by atoms with E-state index in [2.05, 4.69) is 0 Å². The summed E-state index contributed by atoms with van der Waals surface area (Å²) in [4.78, 5) is 11.8. The monoisotopic (exact) mass is 318 g/mol. The lowest BCUT2D eigenvalue weighted by molar-refractivity contribution is 0.0459. The van der Waals surface area contributed by atoms with Gasteiger partial charge in [-0.1, -0.05) is 37.6 Å². The van der Waals surface area contributed by atoms with Crippen LogP contribution in [0.1, 0.15) is 29.8 Å². The van der Waals surface area contributed by atoms with Crippen LogP contribution >= 0.6 is 11.6 Å². The normalized spacial score (nSPS) is 10.5. The Morgan fingerprint density at radius 1 is 1.05 bits per heavy atom. The Labute approximate surface area is 135 Å². The van der Waals surface area contributed by atoms with E-state index in [9.17, 15) is 4.79 Å². The third kappa shape index (κ3) is 5.08. The fraction of sp³-hybridized carbons (Fsp3) is 0.278. The highest BCUT2D eigenvalue weighted by Crippen LogP contribution is 2.16. The van der Waals surface area contributed by atoms with Gasteiger partial charge in [-0.2, -0.15) is 0 Å². The summed E-state index contributed by atoms with van der Waals surface area (Å²) in [6.45, 7) is 4.88. The maximum Gasteiger partial charge on any atom is 0.338 e. The number of rotatable bonds is 6. The molecule has 0 aromatic heterocycles. The molecule has 3 nitrogen and oxygen atoms in total. The van der Waals surface area contributed by atoms with Crippen LogP contribution in [-0.2, 0) is 11.3 Å². The van der Waals surface area contributed by atoms with Crippen molar-refractivity contribution in [1.82, 2.24) is 0 Å². The first-order valence-corrected chi connectivity index (χ1v) is 7.57. The molecule has 0 aliphatic rings. The second-order valence-corrected chi connectivity index (χ2v) is 5.87. The first-order valence-electron chi connectivity index (χ1n) is 7.19. The van der Waals surface area contributed by atoms with Gasteiger partial charge in [-0.15, -0.1) is 0 Å². The van der Waals surface area contributed by atoms with Gasteiger partial charge in [0, 0.05) is 5.02 Å². The van der Waals surface area contributed by atoms with Crippen LogP contribution in [0.15, 0.2) is 48.5 Å². The van der Waals surface area contributed by atoms with Crippen LogP contribution in [0.5, 0.6) is 5.75 Å². The van der Waals surface area contributed by atoms with Gasteiger partial charge in [0.15, 0.2) is 0 Å². The van der Waals surface area contributed by atoms with Crippen LogP contribution < -0.4 is 4.74 Å². The van der Waals surface area contributed by atoms with Crippen LogP contribution in [0, 0.1) is 5.92 Å². The third-order valence-electron chi connectivity index (χ3n) is 2.96. The minimum atomic E-state index is -0.307. The molecule has 0 fully saturated rings. The predicted molar refractivity (Wildman–Crippen MR) is 87.3 cm³/mol. The molecule has 0 atom stereocenters. The minimum absolute atomic E-state index is 0.307. The number of esters is 1. The van der Waals surface area contributed by atoms with Gasteiger partial charge < -0.3 is 9.47 Å². The van der Waals surface area contributed by atoms with Crippen molar-refractivity contribution in [1.29, 1.82) is 0 Å². The summed E-state index contributed by atoms with van der Waals surface area (Å²) in [5, 5.41) is 0.702. The summed E-state index contributed by atoms with van der Waals surface area (Å²) < 4.78 is 10.8. The molecule has 2 aromatic rings. The maximum absolute atomic E-state index is 11.8. The van der Waals surface area contributed by atoms with E-state index in [0.717, 1.165) is 5.56 Å². The first-order chi connectivity index (χ1) is 10.5. The van der Waals surface area contributed by atoms with Gasteiger partial charge in [0.1, 0.15) is 12.4 Å². The molecule has 0 aliphatic heterocycles. The molecule has 0 saturated carbocycles. The third-order valence-corrected chi connectivity index (χ3v) is 3.21. The number of carbonyl (C=O) groups is 1. The summed E-state index contributed by atoms with van der Waals surface area (Å²) in [6.07, 6.45) is 0. The number of halogens is 1. The van der Waals surface area contributed by atoms with E-state index in [4.69, 9.17) is 21.1 Å². The number of benzene rings is 2. The average Bonchev–Trinajstić information content (AvgIpc) is 2.52. The van der Waals surface area contributed by atoms with Gasteiger partial charge in [-0.05, 0) is 47.9 Å². The summed E-state index contributed by atoms with van der Waals surface area (Å²) in [5.41, 5.74) is 1.56. The van der Waals surface area contributed by atoms with Crippen molar-refractivity contribution in [3.05, 3.63) is 64.7 Å². The van der Waals surface area contributed by atoms with Crippen molar-refractivity contribution in [2.45, 2.75) is 20.5 Å². The zero-order valence-corrected chi connectivity index (χ0v) is 13.5. The van der Waals surface area contributed by atoms with Crippen LogP contribution in [0.2, 0.25) is 5.02 Å². The molecule has 116 valence electrons. The van der Waals surface area contributed by atoms with Gasteiger partial charge in [-0.3, -0.25) is 0 Å². The van der Waals surface area contributed by atoms with Gasteiger partial charge in [-0.25, -0.2) is 4.79 Å². The molecule has 0 N–H and O–H groups in total. The molecule has 0 aliphatic carbocycles. The summed E-state index contributed by atoms with van der Waals surface area (Å²) in [5.74, 6) is 0.722. The Morgan fingerprint density at radius 2 is 1.68 bits per heavy atom. The molecule has 0 saturated heterocycles. The predicted octanol–water partition coefficient (Wildman–Crippen LogP) is 4.73. The number of ether oxygens (including phenoxy) is 2. The highest BCUT2D eigenvalue weighted by atomic mass is 35.5. The summed E-state index contributed by atoms with van der Waals surface area (Å²) >= 11 is 5.84. The van der Waals surface area contributed by atoms with E-state index in [1.807, 2.05) is 38.1 Å². The van der Waals surface area contributed by atoms with Crippen molar-refractivity contribution in [2.24, 2.45) is 5.92 Å². The van der Waals surface area contributed by atoms with E-state index < -0.39 is 0 Å². The Hall–Kier alpha value is -2.00. The van der Waals surface area contributed by atoms with Gasteiger partial charge in [0.25, 0.3) is 0 Å². The van der Waals surface area contributed by atoms with Crippen LogP contribution in [-0.4, -0.2) is 12.6 Å². The lowest BCUT2D eigenvalue weighted by atomic mass is 10.2. The lowest BCUT2D eigenvalue weighted by Gasteiger charge is -2.09. The van der Waals surface area contributed by atoms with Crippen molar-refractivity contribution in [2.75, 3.05) is 6.61 Å². The molecule has 0 bridgehead atoms. The molecule has 0 heterocycles. The average molecular weight is 319 g/mol. The molecule has 0 spiro atoms. The summed E-state index contributed by atoms with van der Waals surface area (Å²) in [6, 6.07) is 14.4. The van der Waals surface area contributed by atoms with E-state index in [1.54, 1.807) is 24.3 Å². The Balaban J connectivity index is 1.88. The zero-order valence-electron chi connectivity index (χ0n) is 12.7. The standard InChI is InChI=1S/C18H19ClO3/c1-13(2)11-22-18(20)15-5-9-17(10-6-15)21-12-14-3-7-16(19)8-4-14/h3-10,13H,11-12H2,1-2H3. The molecule has 0 amide bonds. The van der Waals surface area contributed by atoms with Crippen LogP contribution in [0.4, 0.5) is 0 Å². The van der Waals surface area contributed by atoms with E-state index in [1.165, 1.54) is 0 Å². The highest BCUT2D eigenvalue weighted by molar-refractivity contribution is 6.30. The topological polar surface area (TPSA) is 35.5 Å². The van der Waals surface area contributed by atoms with E-state index >= 15 is 0 Å². The lowest BCUT2D eigenvalue weighted by Crippen LogP contribution is -2.10. The molecule has 4 heteroatoms. The second kappa shape index (κ2) is 7.85. The molecule has 22 heavy (non-hydrogen) atoms. The second-order valence-electron chi connectivity index (χ2n) is 5.43. The molecule has 2 aromatic carbocycles. The molecule has 0 unspecified atom stereocenters. The van der Waals surface area contributed by atoms with Crippen LogP contribution in [0.25, 0.3) is 0 Å². The Kier molecular flexibility index (Phi) is 5.84. The van der Waals surface area contributed by atoms with E-state index in [0.29, 0.717) is 35.5 Å². The van der Waals surface area contributed by atoms with Crippen molar-refractivity contribution in [3.8, 4) is 5.75 Å². The Morgan fingerprint density at radius 3 is 2.27 bits per heavy atom. The number of carbonyl (C=O) groups excluding carboxylic acids is 1. The van der Waals surface area contributed by atoms with Crippen LogP contribution in [0.3, 0.4) is 0 Å². The Bertz CT molecular complexity index is 603. The fourth-order valence-electron chi connectivity index (χ4n) is 1.76. The fourth-order valence-corrected chi connectivity index (χ4v) is 1.89. The van der Waals surface area contributed by atoms with Crippen molar-refractivity contribution in [3.63, 3.8) is 0 Å². The molecule has 0 radical (unpaired) electrons. The largest absolute Gasteiger partial charge is 0.489 e. The highest BCUT2D eigenvalue weighted by Gasteiger charge is 2.08. The summed E-state index contributed by atoms with van der Waals surface area (Å²) in [7, 11) is 0. The quantitative estimate of drug-likeness (QED) is 0.722. The van der Waals surface area contributed by atoms with Crippen molar-refractivity contribution >= 4 is 17.6 Å². The molecule has 2 rings (SSSR count). The van der Waals surface area contributed by atoms with E-state index in [-0.39, 0.29) is 5.97 Å². The maximum atomic E-state index is 11.8. The molecular formula is C18H19ClO3. The minimum Gasteiger partial charge on any atom is -0.489 e. The first kappa shape index (κ1) is 16.4. The number of hydrogen-bond acceptors (Lipinski definition) is 3.